The van der Waals surface area contributed by atoms with Crippen LogP contribution in [0.1, 0.15) is 26.7 Å². The van der Waals surface area contributed by atoms with Crippen LogP contribution in [0.2, 0.25) is 0 Å². The summed E-state index contributed by atoms with van der Waals surface area (Å²) in [6, 6.07) is 0.524. The Balaban J connectivity index is 1.98. The van der Waals surface area contributed by atoms with Gasteiger partial charge in [0.25, 0.3) is 0 Å². The Morgan fingerprint density at radius 2 is 2.19 bits per heavy atom. The van der Waals surface area contributed by atoms with Crippen molar-refractivity contribution in [1.29, 1.82) is 0 Å². The number of hydrogen-bond donors (Lipinski definition) is 2. The number of nitrogen functional groups attached to an aromatic ring is 1. The van der Waals surface area contributed by atoms with Crippen molar-refractivity contribution >= 4 is 11.9 Å². The minimum absolute atomic E-state index is 0.359. The second-order valence-corrected chi connectivity index (χ2v) is 5.65. The second-order valence-electron chi connectivity index (χ2n) is 5.65. The minimum atomic E-state index is 0.359. The van der Waals surface area contributed by atoms with Gasteiger partial charge in [0.1, 0.15) is 6.33 Å². The SMILES string of the molecule is CC(C)CN(c1nc(NN)nc(-n2ccnc2)n1)C1CC1. The Hall–Kier alpha value is -2.22. The quantitative estimate of drug-likeness (QED) is 0.603. The fourth-order valence-electron chi connectivity index (χ4n) is 2.21. The molecular weight excluding hydrogens is 268 g/mol. The Morgan fingerprint density at radius 1 is 1.38 bits per heavy atom. The maximum atomic E-state index is 5.49. The molecule has 8 heteroatoms. The van der Waals surface area contributed by atoms with Crippen molar-refractivity contribution in [2.24, 2.45) is 11.8 Å². The zero-order chi connectivity index (χ0) is 14.8. The molecule has 0 amide bonds. The summed E-state index contributed by atoms with van der Waals surface area (Å²) in [5.41, 5.74) is 2.51. The van der Waals surface area contributed by atoms with Crippen molar-refractivity contribution in [1.82, 2.24) is 24.5 Å². The molecule has 0 bridgehead atoms. The molecule has 21 heavy (non-hydrogen) atoms. The largest absolute Gasteiger partial charge is 0.337 e. The van der Waals surface area contributed by atoms with Gasteiger partial charge in [-0.1, -0.05) is 13.8 Å². The molecule has 2 aromatic rings. The highest BCUT2D eigenvalue weighted by Crippen LogP contribution is 2.31. The third-order valence-electron chi connectivity index (χ3n) is 3.28. The molecule has 0 spiro atoms. The molecule has 112 valence electrons. The molecule has 1 aliphatic rings. The molecule has 0 saturated heterocycles. The van der Waals surface area contributed by atoms with Crippen LogP contribution in [0.5, 0.6) is 0 Å². The molecule has 2 aromatic heterocycles. The molecule has 0 unspecified atom stereocenters. The van der Waals surface area contributed by atoms with Gasteiger partial charge in [-0.25, -0.2) is 10.8 Å². The third kappa shape index (κ3) is 3.10. The molecule has 3 rings (SSSR count). The van der Waals surface area contributed by atoms with Crippen molar-refractivity contribution in [2.75, 3.05) is 16.9 Å². The Morgan fingerprint density at radius 3 is 2.76 bits per heavy atom. The molecule has 0 radical (unpaired) electrons. The summed E-state index contributed by atoms with van der Waals surface area (Å²) in [7, 11) is 0. The van der Waals surface area contributed by atoms with E-state index in [1.54, 1.807) is 23.3 Å². The lowest BCUT2D eigenvalue weighted by Crippen LogP contribution is -2.32. The van der Waals surface area contributed by atoms with Crippen molar-refractivity contribution in [3.05, 3.63) is 18.7 Å². The maximum absolute atomic E-state index is 5.49. The molecule has 0 aliphatic heterocycles. The maximum Gasteiger partial charge on any atom is 0.243 e. The predicted molar refractivity (Wildman–Crippen MR) is 80.0 cm³/mol. The van der Waals surface area contributed by atoms with E-state index in [1.807, 2.05) is 0 Å². The van der Waals surface area contributed by atoms with E-state index >= 15 is 0 Å². The van der Waals surface area contributed by atoms with Gasteiger partial charge >= 0.3 is 0 Å². The van der Waals surface area contributed by atoms with Gasteiger partial charge in [0.2, 0.25) is 17.8 Å². The van der Waals surface area contributed by atoms with Crippen LogP contribution in [0.4, 0.5) is 11.9 Å². The first-order valence-electron chi connectivity index (χ1n) is 7.15. The van der Waals surface area contributed by atoms with Crippen LogP contribution >= 0.6 is 0 Å². The predicted octanol–water partition coefficient (Wildman–Crippen LogP) is 0.968. The van der Waals surface area contributed by atoms with Crippen LogP contribution < -0.4 is 16.2 Å². The van der Waals surface area contributed by atoms with Gasteiger partial charge in [0.05, 0.1) is 0 Å². The van der Waals surface area contributed by atoms with Crippen molar-refractivity contribution in [3.8, 4) is 5.95 Å². The molecule has 0 atom stereocenters. The summed E-state index contributed by atoms with van der Waals surface area (Å²) in [6.45, 7) is 5.30. The standard InChI is InChI=1S/C13H20N8/c1-9(2)7-21(10-3-4-10)13-17-11(19-14)16-12(18-13)20-6-5-15-8-20/h5-6,8-10H,3-4,7,14H2,1-2H3,(H,16,17,18,19). The number of nitrogens with two attached hydrogens (primary N) is 1. The fraction of sp³-hybridized carbons (Fsp3) is 0.538. The van der Waals surface area contributed by atoms with Crippen LogP contribution in [0, 0.1) is 5.92 Å². The summed E-state index contributed by atoms with van der Waals surface area (Å²) >= 11 is 0. The molecule has 3 N–H and O–H groups in total. The molecule has 8 nitrogen and oxygen atoms in total. The summed E-state index contributed by atoms with van der Waals surface area (Å²) in [5, 5.41) is 0. The number of nitrogens with zero attached hydrogens (tertiary/aromatic N) is 6. The van der Waals surface area contributed by atoms with E-state index in [0.717, 1.165) is 6.54 Å². The van der Waals surface area contributed by atoms with Crippen molar-refractivity contribution < 1.29 is 0 Å². The van der Waals surface area contributed by atoms with E-state index in [-0.39, 0.29) is 0 Å². The molecule has 2 heterocycles. The number of hydrogen-bond acceptors (Lipinski definition) is 7. The number of imidazole rings is 1. The van der Waals surface area contributed by atoms with Crippen LogP contribution in [-0.2, 0) is 0 Å². The van der Waals surface area contributed by atoms with E-state index in [1.165, 1.54) is 12.8 Å². The fourth-order valence-corrected chi connectivity index (χ4v) is 2.21. The van der Waals surface area contributed by atoms with Gasteiger partial charge in [-0.05, 0) is 18.8 Å². The number of hydrazine groups is 1. The lowest BCUT2D eigenvalue weighted by molar-refractivity contribution is 0.595. The Labute approximate surface area is 123 Å². The average Bonchev–Trinajstić information content (AvgIpc) is 3.17. The number of anilines is 2. The zero-order valence-corrected chi connectivity index (χ0v) is 12.3. The zero-order valence-electron chi connectivity index (χ0n) is 12.3. The van der Waals surface area contributed by atoms with Crippen LogP contribution in [0.15, 0.2) is 18.7 Å². The van der Waals surface area contributed by atoms with Crippen LogP contribution in [-0.4, -0.2) is 37.1 Å². The lowest BCUT2D eigenvalue weighted by Gasteiger charge is -2.24. The minimum Gasteiger partial charge on any atom is -0.337 e. The monoisotopic (exact) mass is 288 g/mol. The summed E-state index contributed by atoms with van der Waals surface area (Å²) < 4.78 is 1.74. The van der Waals surface area contributed by atoms with E-state index in [2.05, 4.69) is 44.1 Å². The highest BCUT2D eigenvalue weighted by Gasteiger charge is 2.31. The third-order valence-corrected chi connectivity index (χ3v) is 3.28. The van der Waals surface area contributed by atoms with E-state index < -0.39 is 0 Å². The smallest absolute Gasteiger partial charge is 0.243 e. The van der Waals surface area contributed by atoms with Crippen LogP contribution in [0.25, 0.3) is 5.95 Å². The van der Waals surface area contributed by atoms with E-state index in [4.69, 9.17) is 5.84 Å². The molecule has 1 fully saturated rings. The molecule has 0 aromatic carbocycles. The normalized spacial score (nSPS) is 14.5. The molecular formula is C13H20N8. The van der Waals surface area contributed by atoms with E-state index in [9.17, 15) is 0 Å². The van der Waals surface area contributed by atoms with Gasteiger partial charge in [0, 0.05) is 25.0 Å². The first-order valence-corrected chi connectivity index (χ1v) is 7.15. The highest BCUT2D eigenvalue weighted by atomic mass is 15.4. The van der Waals surface area contributed by atoms with Gasteiger partial charge in [-0.2, -0.15) is 15.0 Å². The molecule has 1 saturated carbocycles. The van der Waals surface area contributed by atoms with Crippen molar-refractivity contribution in [3.63, 3.8) is 0 Å². The van der Waals surface area contributed by atoms with Crippen LogP contribution in [0.3, 0.4) is 0 Å². The highest BCUT2D eigenvalue weighted by molar-refractivity contribution is 5.41. The average molecular weight is 288 g/mol. The lowest BCUT2D eigenvalue weighted by atomic mass is 10.2. The number of aromatic nitrogens is 5. The number of rotatable bonds is 6. The number of nitrogens with one attached hydrogen (secondary N) is 1. The van der Waals surface area contributed by atoms with Gasteiger partial charge < -0.3 is 4.90 Å². The first-order chi connectivity index (χ1) is 10.2. The van der Waals surface area contributed by atoms with Gasteiger partial charge in [-0.15, -0.1) is 0 Å². The van der Waals surface area contributed by atoms with E-state index in [0.29, 0.717) is 29.8 Å². The second kappa shape index (κ2) is 5.65. The van der Waals surface area contributed by atoms with Gasteiger partial charge in [0.15, 0.2) is 0 Å². The Bertz CT molecular complexity index is 590. The topological polar surface area (TPSA) is 97.8 Å². The van der Waals surface area contributed by atoms with Crippen molar-refractivity contribution in [2.45, 2.75) is 32.7 Å². The summed E-state index contributed by atoms with van der Waals surface area (Å²) in [6.07, 6.45) is 7.51. The van der Waals surface area contributed by atoms with Gasteiger partial charge in [-0.3, -0.25) is 9.99 Å². The first kappa shape index (κ1) is 13.7. The summed E-state index contributed by atoms with van der Waals surface area (Å²) in [5.74, 6) is 7.56. The summed E-state index contributed by atoms with van der Waals surface area (Å²) in [4.78, 5) is 19.5. The Kier molecular flexibility index (Phi) is 3.70. The molecule has 1 aliphatic carbocycles.